The van der Waals surface area contributed by atoms with Crippen LogP contribution in [-0.4, -0.2) is 75.4 Å². The SMILES string of the molecule is CN1C(C)(C)CC(Oc2cnc(C(=O)Nc3ccc(NC(=O)Nc4cc(C(C)(C)C)on4)cc3)cn2)CC1(C)C.CS(=O)(=O)O. The Bertz CT molecular complexity index is 1550. The van der Waals surface area contributed by atoms with E-state index in [1.165, 1.54) is 12.4 Å². The van der Waals surface area contributed by atoms with E-state index in [1.54, 1.807) is 30.3 Å². The number of carbonyl (C=O) groups is 2. The Kier molecular flexibility index (Phi) is 10.6. The number of amides is 3. The molecule has 0 unspecified atom stereocenters. The summed E-state index contributed by atoms with van der Waals surface area (Å²) < 4.78 is 37.3. The lowest BCUT2D eigenvalue weighted by molar-refractivity contribution is -0.0568. The van der Waals surface area contributed by atoms with E-state index in [0.29, 0.717) is 35.1 Å². The van der Waals surface area contributed by atoms with Crippen molar-refractivity contribution in [1.82, 2.24) is 20.0 Å². The first-order chi connectivity index (χ1) is 20.6. The summed E-state index contributed by atoms with van der Waals surface area (Å²) in [6, 6.07) is 7.93. The van der Waals surface area contributed by atoms with Crippen LogP contribution < -0.4 is 20.7 Å². The van der Waals surface area contributed by atoms with Gasteiger partial charge in [0.05, 0.1) is 18.6 Å². The molecule has 15 heteroatoms. The molecule has 3 amide bonds. The van der Waals surface area contributed by atoms with Crippen molar-refractivity contribution in [3.8, 4) is 5.88 Å². The zero-order valence-corrected chi connectivity index (χ0v) is 27.9. The van der Waals surface area contributed by atoms with Crippen LogP contribution in [0.1, 0.15) is 77.6 Å². The summed E-state index contributed by atoms with van der Waals surface area (Å²) in [5.41, 5.74) is 1.01. The minimum absolute atomic E-state index is 0.00120. The Morgan fingerprint density at radius 2 is 1.51 bits per heavy atom. The number of benzene rings is 1. The minimum atomic E-state index is -3.67. The number of carbonyl (C=O) groups excluding carboxylic acids is 2. The molecule has 0 saturated carbocycles. The van der Waals surface area contributed by atoms with E-state index in [2.05, 4.69) is 70.7 Å². The van der Waals surface area contributed by atoms with Crippen molar-refractivity contribution in [2.75, 3.05) is 29.3 Å². The lowest BCUT2D eigenvalue weighted by atomic mass is 9.79. The van der Waals surface area contributed by atoms with Crippen molar-refractivity contribution >= 4 is 39.2 Å². The summed E-state index contributed by atoms with van der Waals surface area (Å²) >= 11 is 0. The van der Waals surface area contributed by atoms with Crippen LogP contribution in [0.3, 0.4) is 0 Å². The van der Waals surface area contributed by atoms with Gasteiger partial charge in [0.1, 0.15) is 17.6 Å². The molecule has 0 bridgehead atoms. The van der Waals surface area contributed by atoms with E-state index < -0.39 is 22.1 Å². The molecule has 1 saturated heterocycles. The quantitative estimate of drug-likeness (QED) is 0.258. The average molecular weight is 646 g/mol. The zero-order valence-electron chi connectivity index (χ0n) is 27.1. The summed E-state index contributed by atoms with van der Waals surface area (Å²) in [6.07, 6.45) is 5.33. The third-order valence-electron chi connectivity index (χ3n) is 7.31. The molecule has 2 aromatic heterocycles. The third kappa shape index (κ3) is 10.8. The van der Waals surface area contributed by atoms with Gasteiger partial charge < -0.3 is 19.9 Å². The van der Waals surface area contributed by atoms with Crippen LogP contribution in [0.15, 0.2) is 47.2 Å². The Balaban J connectivity index is 0.00000102. The maximum atomic E-state index is 12.7. The van der Waals surface area contributed by atoms with Crippen molar-refractivity contribution in [2.45, 2.75) is 83.9 Å². The third-order valence-corrected chi connectivity index (χ3v) is 7.31. The monoisotopic (exact) mass is 645 g/mol. The van der Waals surface area contributed by atoms with Crippen LogP contribution in [0.2, 0.25) is 0 Å². The number of hydrogen-bond acceptors (Lipinski definition) is 10. The number of ether oxygens (including phenoxy) is 1. The highest BCUT2D eigenvalue weighted by Gasteiger charge is 2.44. The molecule has 0 spiro atoms. The molecule has 1 aliphatic rings. The molecule has 4 N–H and O–H groups in total. The molecule has 3 aromatic rings. The molecular weight excluding hydrogens is 602 g/mol. The zero-order chi connectivity index (χ0) is 33.8. The predicted molar refractivity (Wildman–Crippen MR) is 171 cm³/mol. The Hall–Kier alpha value is -4.08. The van der Waals surface area contributed by atoms with Gasteiger partial charge >= 0.3 is 6.03 Å². The molecule has 246 valence electrons. The summed E-state index contributed by atoms with van der Waals surface area (Å²) in [6.45, 7) is 14.8. The molecule has 1 fully saturated rings. The number of likely N-dealkylation sites (tertiary alicyclic amines) is 1. The highest BCUT2D eigenvalue weighted by molar-refractivity contribution is 7.85. The fourth-order valence-electron chi connectivity index (χ4n) is 4.83. The van der Waals surface area contributed by atoms with Crippen molar-refractivity contribution < 1.29 is 31.8 Å². The van der Waals surface area contributed by atoms with E-state index >= 15 is 0 Å². The van der Waals surface area contributed by atoms with Gasteiger partial charge in [0.15, 0.2) is 5.82 Å². The number of aromatic nitrogens is 3. The van der Waals surface area contributed by atoms with E-state index in [0.717, 1.165) is 12.8 Å². The molecule has 14 nitrogen and oxygen atoms in total. The van der Waals surface area contributed by atoms with Gasteiger partial charge in [-0.05, 0) is 59.0 Å². The van der Waals surface area contributed by atoms with Crippen LogP contribution >= 0.6 is 0 Å². The number of anilines is 3. The van der Waals surface area contributed by atoms with Gasteiger partial charge in [0, 0.05) is 46.8 Å². The van der Waals surface area contributed by atoms with Crippen molar-refractivity contribution in [1.29, 1.82) is 0 Å². The molecule has 0 aliphatic carbocycles. The minimum Gasteiger partial charge on any atom is -0.473 e. The van der Waals surface area contributed by atoms with Crippen molar-refractivity contribution in [3.63, 3.8) is 0 Å². The van der Waals surface area contributed by atoms with Gasteiger partial charge in [-0.1, -0.05) is 25.9 Å². The van der Waals surface area contributed by atoms with Crippen LogP contribution in [0.5, 0.6) is 5.88 Å². The second-order valence-electron chi connectivity index (χ2n) is 13.2. The van der Waals surface area contributed by atoms with E-state index in [4.69, 9.17) is 13.8 Å². The van der Waals surface area contributed by atoms with Gasteiger partial charge in [0.2, 0.25) is 5.88 Å². The van der Waals surface area contributed by atoms with Gasteiger partial charge in [-0.2, -0.15) is 8.42 Å². The second kappa shape index (κ2) is 13.5. The smallest absolute Gasteiger partial charge is 0.324 e. The molecule has 4 rings (SSSR count). The summed E-state index contributed by atoms with van der Waals surface area (Å²) in [5, 5.41) is 12.0. The maximum absolute atomic E-state index is 12.7. The Morgan fingerprint density at radius 1 is 0.978 bits per heavy atom. The highest BCUT2D eigenvalue weighted by atomic mass is 32.2. The van der Waals surface area contributed by atoms with Crippen LogP contribution in [0, 0.1) is 0 Å². The first-order valence-electron chi connectivity index (χ1n) is 14.2. The van der Waals surface area contributed by atoms with E-state index in [-0.39, 0.29) is 28.3 Å². The number of piperidine rings is 1. The second-order valence-corrected chi connectivity index (χ2v) is 14.7. The molecule has 1 aromatic carbocycles. The summed E-state index contributed by atoms with van der Waals surface area (Å²) in [5.74, 6) is 0.981. The number of nitrogens with one attached hydrogen (secondary N) is 3. The predicted octanol–water partition coefficient (Wildman–Crippen LogP) is 5.19. The fraction of sp³-hybridized carbons (Fsp3) is 0.500. The van der Waals surface area contributed by atoms with Gasteiger partial charge in [-0.15, -0.1) is 0 Å². The lowest BCUT2D eigenvalue weighted by Gasteiger charge is -2.53. The van der Waals surface area contributed by atoms with E-state index in [9.17, 15) is 18.0 Å². The Morgan fingerprint density at radius 3 is 1.98 bits per heavy atom. The fourth-order valence-corrected chi connectivity index (χ4v) is 4.83. The van der Waals surface area contributed by atoms with Gasteiger partial charge in [-0.25, -0.2) is 14.8 Å². The van der Waals surface area contributed by atoms with Crippen LogP contribution in [-0.2, 0) is 15.5 Å². The number of nitrogens with zero attached hydrogens (tertiary/aromatic N) is 4. The summed E-state index contributed by atoms with van der Waals surface area (Å²) in [7, 11) is -1.52. The topological polar surface area (TPSA) is 189 Å². The molecule has 45 heavy (non-hydrogen) atoms. The molecule has 0 atom stereocenters. The highest BCUT2D eigenvalue weighted by Crippen LogP contribution is 2.38. The van der Waals surface area contributed by atoms with Crippen molar-refractivity contribution in [2.24, 2.45) is 0 Å². The lowest BCUT2D eigenvalue weighted by Crippen LogP contribution is -2.60. The molecule has 1 aliphatic heterocycles. The van der Waals surface area contributed by atoms with Gasteiger partial charge in [-0.3, -0.25) is 19.6 Å². The van der Waals surface area contributed by atoms with Crippen LogP contribution in [0.4, 0.5) is 22.0 Å². The van der Waals surface area contributed by atoms with Crippen molar-refractivity contribution in [3.05, 3.63) is 54.2 Å². The number of urea groups is 1. The molecule has 0 radical (unpaired) electrons. The first kappa shape index (κ1) is 35.4. The van der Waals surface area contributed by atoms with E-state index in [1.807, 2.05) is 20.8 Å². The first-order valence-corrected chi connectivity index (χ1v) is 16.1. The van der Waals surface area contributed by atoms with Crippen LogP contribution in [0.25, 0.3) is 0 Å². The standard InChI is InChI=1S/C29H39N7O4.CH4O3S/c1-27(2,3)22-13-23(35-40-22)34-26(38)33-19-11-9-18(10-12-19)32-25(37)21-16-31-24(17-30-21)39-20-14-28(4,5)36(8)29(6,7)15-20;1-5(2,3)4/h9-13,16-17,20H,14-15H2,1-8H3,(H,32,37)(H2,33,34,35,38);1H3,(H,2,3,4). The largest absolute Gasteiger partial charge is 0.473 e. The molecular formula is C30H43N7O7S. The van der Waals surface area contributed by atoms with Gasteiger partial charge in [0.25, 0.3) is 16.0 Å². The number of rotatable bonds is 6. The maximum Gasteiger partial charge on any atom is 0.324 e. The summed E-state index contributed by atoms with van der Waals surface area (Å²) in [4.78, 5) is 36.0. The Labute approximate surface area is 264 Å². The number of hydrogen-bond donors (Lipinski definition) is 4. The average Bonchev–Trinajstić information content (AvgIpc) is 3.36. The molecule has 3 heterocycles. The normalized spacial score (nSPS) is 16.6.